The van der Waals surface area contributed by atoms with Gasteiger partial charge in [0.05, 0.1) is 11.4 Å². The van der Waals surface area contributed by atoms with Crippen molar-refractivity contribution in [3.05, 3.63) is 53.9 Å². The van der Waals surface area contributed by atoms with E-state index in [1.165, 1.54) is 5.56 Å². The molecule has 1 aliphatic rings. The fourth-order valence-electron chi connectivity index (χ4n) is 4.64. The Morgan fingerprint density at radius 3 is 2.62 bits per heavy atom. The molecule has 5 rings (SSSR count). The van der Waals surface area contributed by atoms with Gasteiger partial charge in [0.1, 0.15) is 6.17 Å². The van der Waals surface area contributed by atoms with Crippen LogP contribution in [0.1, 0.15) is 38.4 Å². The van der Waals surface area contributed by atoms with E-state index in [4.69, 9.17) is 9.40 Å². The van der Waals surface area contributed by atoms with Gasteiger partial charge in [-0.25, -0.2) is 9.97 Å². The lowest BCUT2D eigenvalue weighted by Crippen LogP contribution is -2.44. The quantitative estimate of drug-likeness (QED) is 0.426. The average Bonchev–Trinajstić information content (AvgIpc) is 3.22. The Morgan fingerprint density at radius 2 is 1.86 bits per heavy atom. The smallest absolute Gasteiger partial charge is 0.227 e. The molecular weight excluding hydrogens is 360 g/mol. The lowest BCUT2D eigenvalue weighted by Gasteiger charge is -2.35. The predicted octanol–water partition coefficient (Wildman–Crippen LogP) is 6.10. The minimum atomic E-state index is 0.187. The molecule has 3 aromatic heterocycles. The van der Waals surface area contributed by atoms with Crippen LogP contribution in [0.4, 0.5) is 17.2 Å². The maximum Gasteiger partial charge on any atom is 0.227 e. The van der Waals surface area contributed by atoms with Gasteiger partial charge in [-0.15, -0.1) is 0 Å². The van der Waals surface area contributed by atoms with E-state index < -0.39 is 0 Å². The number of aryl methyl sites for hydroxylation is 2. The first kappa shape index (κ1) is 18.0. The molecule has 0 bridgehead atoms. The number of furan rings is 1. The molecule has 0 spiro atoms. The van der Waals surface area contributed by atoms with E-state index in [0.717, 1.165) is 45.7 Å². The van der Waals surface area contributed by atoms with E-state index in [-0.39, 0.29) is 6.17 Å². The largest absolute Gasteiger partial charge is 0.435 e. The highest BCUT2D eigenvalue weighted by Gasteiger charge is 2.39. The van der Waals surface area contributed by atoms with Gasteiger partial charge >= 0.3 is 0 Å². The first-order valence-electron chi connectivity index (χ1n) is 10.3. The third kappa shape index (κ3) is 2.53. The molecule has 0 fully saturated rings. The molecular formula is C24H26N4O. The number of benzene rings is 1. The van der Waals surface area contributed by atoms with Crippen molar-refractivity contribution in [3.63, 3.8) is 0 Å². The highest BCUT2D eigenvalue weighted by Crippen LogP contribution is 2.48. The van der Waals surface area contributed by atoms with Gasteiger partial charge in [-0.05, 0) is 63.9 Å². The summed E-state index contributed by atoms with van der Waals surface area (Å²) in [5.41, 5.74) is 5.99. The van der Waals surface area contributed by atoms with Crippen molar-refractivity contribution in [3.8, 4) is 0 Å². The Hall–Kier alpha value is -3.08. The van der Waals surface area contributed by atoms with Gasteiger partial charge in [-0.3, -0.25) is 0 Å². The highest BCUT2D eigenvalue weighted by molar-refractivity contribution is 6.09. The molecule has 0 radical (unpaired) electrons. The number of anilines is 3. The summed E-state index contributed by atoms with van der Waals surface area (Å²) in [6.07, 6.45) is 3.04. The van der Waals surface area contributed by atoms with Crippen LogP contribution in [0.2, 0.25) is 0 Å². The second-order valence-electron chi connectivity index (χ2n) is 8.12. The summed E-state index contributed by atoms with van der Waals surface area (Å²) in [4.78, 5) is 14.2. The van der Waals surface area contributed by atoms with Crippen LogP contribution in [0.5, 0.6) is 0 Å². The molecule has 5 heteroatoms. The Kier molecular flexibility index (Phi) is 4.02. The standard InChI is InChI=1S/C24H26N4O/c1-6-20-27(14(2)3)23-19(8-7-13-25-23)28(20)21-15(4)9-11-17-18-12-10-16(5)26-24(18)29-22(17)21/h7-14,20H,6H2,1-5H3. The molecule has 0 saturated carbocycles. The van der Waals surface area contributed by atoms with Crippen LogP contribution in [0.15, 0.2) is 47.0 Å². The van der Waals surface area contributed by atoms with E-state index in [2.05, 4.69) is 66.7 Å². The number of aromatic nitrogens is 2. The van der Waals surface area contributed by atoms with Crippen molar-refractivity contribution in [2.24, 2.45) is 0 Å². The maximum atomic E-state index is 6.37. The fourth-order valence-corrected chi connectivity index (χ4v) is 4.64. The summed E-state index contributed by atoms with van der Waals surface area (Å²) in [5.74, 6) is 1.04. The van der Waals surface area contributed by atoms with Crippen LogP contribution in [-0.4, -0.2) is 22.2 Å². The number of rotatable bonds is 3. The van der Waals surface area contributed by atoms with E-state index in [1.807, 2.05) is 25.3 Å². The molecule has 5 nitrogen and oxygen atoms in total. The number of hydrogen-bond donors (Lipinski definition) is 0. The van der Waals surface area contributed by atoms with E-state index in [9.17, 15) is 0 Å². The molecule has 1 atom stereocenters. The molecule has 0 aliphatic carbocycles. The second-order valence-corrected chi connectivity index (χ2v) is 8.12. The van der Waals surface area contributed by atoms with Crippen molar-refractivity contribution in [2.45, 2.75) is 53.2 Å². The molecule has 4 heterocycles. The fraction of sp³-hybridized carbons (Fsp3) is 0.333. The van der Waals surface area contributed by atoms with Crippen molar-refractivity contribution >= 4 is 39.3 Å². The minimum absolute atomic E-state index is 0.187. The normalized spacial score (nSPS) is 16.4. The Morgan fingerprint density at radius 1 is 1.07 bits per heavy atom. The third-order valence-electron chi connectivity index (χ3n) is 5.87. The summed E-state index contributed by atoms with van der Waals surface area (Å²) in [6.45, 7) is 10.8. The summed E-state index contributed by atoms with van der Waals surface area (Å²) in [5, 5.41) is 2.17. The lowest BCUT2D eigenvalue weighted by atomic mass is 10.1. The van der Waals surface area contributed by atoms with Crippen molar-refractivity contribution < 1.29 is 4.42 Å². The SMILES string of the molecule is CCC1N(c2c(C)ccc3c2oc2nc(C)ccc23)c2cccnc2N1C(C)C. The van der Waals surface area contributed by atoms with Gasteiger partial charge in [0.15, 0.2) is 11.4 Å². The highest BCUT2D eigenvalue weighted by atomic mass is 16.3. The number of nitrogens with zero attached hydrogens (tertiary/aromatic N) is 4. The zero-order chi connectivity index (χ0) is 20.3. The average molecular weight is 386 g/mol. The van der Waals surface area contributed by atoms with Crippen molar-refractivity contribution in [2.75, 3.05) is 9.80 Å². The van der Waals surface area contributed by atoms with Gasteiger partial charge in [-0.1, -0.05) is 19.1 Å². The molecule has 1 aliphatic heterocycles. The Labute approximate surface area is 171 Å². The third-order valence-corrected chi connectivity index (χ3v) is 5.87. The summed E-state index contributed by atoms with van der Waals surface area (Å²) < 4.78 is 6.37. The van der Waals surface area contributed by atoms with Crippen LogP contribution in [0.25, 0.3) is 22.1 Å². The predicted molar refractivity (Wildman–Crippen MR) is 119 cm³/mol. The molecule has 0 saturated heterocycles. The van der Waals surface area contributed by atoms with E-state index >= 15 is 0 Å². The summed E-state index contributed by atoms with van der Waals surface area (Å²) in [7, 11) is 0. The topological polar surface area (TPSA) is 45.4 Å². The zero-order valence-electron chi connectivity index (χ0n) is 17.6. The van der Waals surface area contributed by atoms with Crippen molar-refractivity contribution in [1.29, 1.82) is 0 Å². The van der Waals surface area contributed by atoms with Crippen LogP contribution in [0.3, 0.4) is 0 Å². The van der Waals surface area contributed by atoms with Crippen LogP contribution < -0.4 is 9.80 Å². The first-order valence-corrected chi connectivity index (χ1v) is 10.3. The zero-order valence-corrected chi connectivity index (χ0v) is 17.6. The molecule has 1 unspecified atom stereocenters. The molecule has 0 N–H and O–H groups in total. The minimum Gasteiger partial charge on any atom is -0.435 e. The van der Waals surface area contributed by atoms with Gasteiger partial charge in [-0.2, -0.15) is 0 Å². The van der Waals surface area contributed by atoms with Gasteiger partial charge in [0.2, 0.25) is 5.71 Å². The Balaban J connectivity index is 1.82. The molecule has 148 valence electrons. The first-order chi connectivity index (χ1) is 14.0. The lowest BCUT2D eigenvalue weighted by molar-refractivity contribution is 0.552. The number of fused-ring (bicyclic) bond motifs is 4. The molecule has 0 amide bonds. The van der Waals surface area contributed by atoms with E-state index in [1.54, 1.807) is 0 Å². The van der Waals surface area contributed by atoms with Crippen LogP contribution in [0, 0.1) is 13.8 Å². The van der Waals surface area contributed by atoms with Gasteiger partial charge < -0.3 is 14.2 Å². The monoisotopic (exact) mass is 386 g/mol. The molecule has 29 heavy (non-hydrogen) atoms. The summed E-state index contributed by atoms with van der Waals surface area (Å²) in [6, 6.07) is 13.0. The van der Waals surface area contributed by atoms with Crippen molar-refractivity contribution in [1.82, 2.24) is 9.97 Å². The van der Waals surface area contributed by atoms with E-state index in [0.29, 0.717) is 11.8 Å². The van der Waals surface area contributed by atoms with Gasteiger partial charge in [0.25, 0.3) is 0 Å². The van der Waals surface area contributed by atoms with Crippen LogP contribution in [-0.2, 0) is 0 Å². The van der Waals surface area contributed by atoms with Crippen LogP contribution >= 0.6 is 0 Å². The number of hydrogen-bond acceptors (Lipinski definition) is 5. The maximum absolute atomic E-state index is 6.37. The number of pyridine rings is 2. The second kappa shape index (κ2) is 6.48. The van der Waals surface area contributed by atoms with Gasteiger partial charge in [0, 0.05) is 28.7 Å². The Bertz CT molecular complexity index is 1230. The molecule has 4 aromatic rings. The summed E-state index contributed by atoms with van der Waals surface area (Å²) >= 11 is 0. The molecule has 1 aromatic carbocycles.